The lowest BCUT2D eigenvalue weighted by Gasteiger charge is -2.09. The normalized spacial score (nSPS) is 13.0. The Morgan fingerprint density at radius 2 is 2.03 bits per heavy atom. The minimum Gasteiger partial charge on any atom is -0.493 e. The zero-order valence-electron chi connectivity index (χ0n) is 17.0. The van der Waals surface area contributed by atoms with Gasteiger partial charge in [0.2, 0.25) is 5.91 Å². The van der Waals surface area contributed by atoms with Crippen LogP contribution in [0.25, 0.3) is 10.6 Å². The summed E-state index contributed by atoms with van der Waals surface area (Å²) >= 11 is 7.72. The highest BCUT2D eigenvalue weighted by atomic mass is 35.5. The minimum atomic E-state index is -0.207. The van der Waals surface area contributed by atoms with Crippen molar-refractivity contribution < 1.29 is 14.3 Å². The van der Waals surface area contributed by atoms with Gasteiger partial charge < -0.3 is 15.4 Å². The molecular formula is C23H22ClN3O3S. The lowest BCUT2D eigenvalue weighted by molar-refractivity contribution is -0.115. The van der Waals surface area contributed by atoms with Crippen LogP contribution < -0.4 is 15.4 Å². The molecule has 0 unspecified atom stereocenters. The topological polar surface area (TPSA) is 80.3 Å². The summed E-state index contributed by atoms with van der Waals surface area (Å²) in [4.78, 5) is 29.3. The summed E-state index contributed by atoms with van der Waals surface area (Å²) in [5, 5.41) is 8.70. The third kappa shape index (κ3) is 5.42. The van der Waals surface area contributed by atoms with E-state index in [1.807, 2.05) is 36.6 Å². The zero-order valence-corrected chi connectivity index (χ0v) is 18.6. The Morgan fingerprint density at radius 1 is 1.23 bits per heavy atom. The number of aromatic nitrogens is 1. The van der Waals surface area contributed by atoms with Gasteiger partial charge in [0.15, 0.2) is 0 Å². The number of nitrogens with zero attached hydrogens (tertiary/aromatic N) is 1. The molecule has 1 aromatic heterocycles. The maximum atomic E-state index is 12.5. The molecule has 2 aromatic carbocycles. The second-order valence-electron chi connectivity index (χ2n) is 7.24. The van der Waals surface area contributed by atoms with Gasteiger partial charge in [-0.1, -0.05) is 23.7 Å². The lowest BCUT2D eigenvalue weighted by Crippen LogP contribution is -2.25. The van der Waals surface area contributed by atoms with Crippen molar-refractivity contribution in [3.63, 3.8) is 0 Å². The predicted molar refractivity (Wildman–Crippen MR) is 123 cm³/mol. The summed E-state index contributed by atoms with van der Waals surface area (Å²) < 4.78 is 5.67. The molecule has 6 nitrogen and oxygen atoms in total. The first-order valence-electron chi connectivity index (χ1n) is 10.1. The van der Waals surface area contributed by atoms with E-state index in [1.54, 1.807) is 18.2 Å². The fourth-order valence-corrected chi connectivity index (χ4v) is 4.19. The number of carbonyl (C=O) groups is 2. The Labute approximate surface area is 189 Å². The van der Waals surface area contributed by atoms with Gasteiger partial charge in [-0.05, 0) is 50.1 Å². The van der Waals surface area contributed by atoms with Gasteiger partial charge in [0, 0.05) is 17.1 Å². The predicted octanol–water partition coefficient (Wildman–Crippen LogP) is 4.94. The van der Waals surface area contributed by atoms with Gasteiger partial charge in [0.1, 0.15) is 10.8 Å². The quantitative estimate of drug-likeness (QED) is 0.504. The molecule has 1 heterocycles. The highest BCUT2D eigenvalue weighted by molar-refractivity contribution is 7.13. The molecule has 3 aromatic rings. The Kier molecular flexibility index (Phi) is 6.53. The molecule has 4 rings (SSSR count). The molecule has 0 bridgehead atoms. The van der Waals surface area contributed by atoms with Crippen LogP contribution in [0.15, 0.2) is 47.8 Å². The van der Waals surface area contributed by atoms with E-state index in [0.717, 1.165) is 29.2 Å². The van der Waals surface area contributed by atoms with Crippen molar-refractivity contribution in [3.8, 4) is 16.3 Å². The number of amides is 2. The molecule has 2 amide bonds. The summed E-state index contributed by atoms with van der Waals surface area (Å²) in [7, 11) is 0. The van der Waals surface area contributed by atoms with Crippen molar-refractivity contribution in [2.24, 2.45) is 0 Å². The summed E-state index contributed by atoms with van der Waals surface area (Å²) in [5.74, 6) is 0.379. The summed E-state index contributed by atoms with van der Waals surface area (Å²) in [6.45, 7) is 2.51. The molecule has 2 N–H and O–H groups in total. The molecule has 0 aliphatic heterocycles. The molecule has 160 valence electrons. The second kappa shape index (κ2) is 9.49. The molecule has 8 heteroatoms. The van der Waals surface area contributed by atoms with Gasteiger partial charge >= 0.3 is 0 Å². The lowest BCUT2D eigenvalue weighted by atomic mass is 10.2. The molecular weight excluding hydrogens is 434 g/mol. The molecule has 0 atom stereocenters. The van der Waals surface area contributed by atoms with Crippen molar-refractivity contribution in [1.29, 1.82) is 0 Å². The number of benzene rings is 2. The highest BCUT2D eigenvalue weighted by Crippen LogP contribution is 2.32. The largest absolute Gasteiger partial charge is 0.493 e. The number of hydrogen-bond donors (Lipinski definition) is 2. The van der Waals surface area contributed by atoms with E-state index in [9.17, 15) is 9.59 Å². The number of para-hydroxylation sites is 1. The van der Waals surface area contributed by atoms with E-state index >= 15 is 0 Å². The standard InChI is InChI=1S/C23H22ClN3O3S/c1-2-30-20-6-4-3-5-18(20)23-27-16(13-31-23)12-21(28)25-15-9-10-17(19(24)11-15)22(29)26-14-7-8-14/h3-6,9-11,13-14H,2,7-8,12H2,1H3,(H,25,28)(H,26,29). The average Bonchev–Trinajstić information content (AvgIpc) is 3.44. The minimum absolute atomic E-state index is 0.134. The second-order valence-corrected chi connectivity index (χ2v) is 8.51. The number of halogens is 1. The van der Waals surface area contributed by atoms with E-state index in [4.69, 9.17) is 16.3 Å². The fraction of sp³-hybridized carbons (Fsp3) is 0.261. The number of hydrogen-bond acceptors (Lipinski definition) is 5. The molecule has 0 saturated heterocycles. The maximum absolute atomic E-state index is 12.5. The van der Waals surface area contributed by atoms with E-state index < -0.39 is 0 Å². The zero-order chi connectivity index (χ0) is 21.8. The number of carbonyl (C=O) groups excluding carboxylic acids is 2. The Balaban J connectivity index is 1.39. The Morgan fingerprint density at radius 3 is 2.77 bits per heavy atom. The van der Waals surface area contributed by atoms with E-state index in [-0.39, 0.29) is 24.3 Å². The maximum Gasteiger partial charge on any atom is 0.253 e. The van der Waals surface area contributed by atoms with Crippen molar-refractivity contribution in [2.75, 3.05) is 11.9 Å². The van der Waals surface area contributed by atoms with Gasteiger partial charge in [0.05, 0.1) is 34.9 Å². The first-order chi connectivity index (χ1) is 15.0. The molecule has 0 radical (unpaired) electrons. The van der Waals surface area contributed by atoms with Crippen LogP contribution in [0.5, 0.6) is 5.75 Å². The molecule has 1 aliphatic carbocycles. The monoisotopic (exact) mass is 455 g/mol. The van der Waals surface area contributed by atoms with Crippen LogP contribution in [-0.4, -0.2) is 29.4 Å². The SMILES string of the molecule is CCOc1ccccc1-c1nc(CC(=O)Nc2ccc(C(=O)NC3CC3)c(Cl)c2)cs1. The molecule has 0 spiro atoms. The smallest absolute Gasteiger partial charge is 0.253 e. The van der Waals surface area contributed by atoms with Gasteiger partial charge in [0.25, 0.3) is 5.91 Å². The molecule has 1 saturated carbocycles. The van der Waals surface area contributed by atoms with Gasteiger partial charge in [-0.2, -0.15) is 0 Å². The van der Waals surface area contributed by atoms with Gasteiger partial charge in [-0.25, -0.2) is 4.98 Å². The van der Waals surface area contributed by atoms with Gasteiger partial charge in [-0.15, -0.1) is 11.3 Å². The van der Waals surface area contributed by atoms with Crippen LogP contribution in [0.2, 0.25) is 5.02 Å². The Bertz CT molecular complexity index is 1110. The number of rotatable bonds is 8. The highest BCUT2D eigenvalue weighted by Gasteiger charge is 2.24. The van der Waals surface area contributed by atoms with Crippen LogP contribution >= 0.6 is 22.9 Å². The van der Waals surface area contributed by atoms with Crippen molar-refractivity contribution in [1.82, 2.24) is 10.3 Å². The van der Waals surface area contributed by atoms with Crippen LogP contribution in [0.3, 0.4) is 0 Å². The third-order valence-corrected chi connectivity index (χ3v) is 5.96. The fourth-order valence-electron chi connectivity index (χ4n) is 3.07. The first kappa shape index (κ1) is 21.3. The van der Waals surface area contributed by atoms with Crippen LogP contribution in [0.1, 0.15) is 35.8 Å². The van der Waals surface area contributed by atoms with E-state index in [0.29, 0.717) is 28.6 Å². The summed E-state index contributed by atoms with van der Waals surface area (Å²) in [6, 6.07) is 12.9. The van der Waals surface area contributed by atoms with Crippen LogP contribution in [0.4, 0.5) is 5.69 Å². The van der Waals surface area contributed by atoms with Crippen molar-refractivity contribution in [2.45, 2.75) is 32.2 Å². The van der Waals surface area contributed by atoms with E-state index in [2.05, 4.69) is 15.6 Å². The average molecular weight is 456 g/mol. The van der Waals surface area contributed by atoms with E-state index in [1.165, 1.54) is 11.3 Å². The van der Waals surface area contributed by atoms with Crippen LogP contribution in [0, 0.1) is 0 Å². The van der Waals surface area contributed by atoms with Crippen molar-refractivity contribution in [3.05, 3.63) is 64.1 Å². The summed E-state index contributed by atoms with van der Waals surface area (Å²) in [5.41, 5.74) is 2.53. The van der Waals surface area contributed by atoms with Crippen LogP contribution in [-0.2, 0) is 11.2 Å². The molecule has 1 aliphatic rings. The number of nitrogens with one attached hydrogen (secondary N) is 2. The molecule has 1 fully saturated rings. The van der Waals surface area contributed by atoms with Crippen molar-refractivity contribution >= 4 is 40.4 Å². The first-order valence-corrected chi connectivity index (χ1v) is 11.4. The third-order valence-electron chi connectivity index (χ3n) is 4.72. The number of anilines is 1. The Hall–Kier alpha value is -2.90. The summed E-state index contributed by atoms with van der Waals surface area (Å²) in [6.07, 6.45) is 2.15. The number of thiazole rings is 1. The number of ether oxygens (including phenoxy) is 1. The van der Waals surface area contributed by atoms with Gasteiger partial charge in [-0.3, -0.25) is 9.59 Å². The molecule has 31 heavy (non-hydrogen) atoms.